The Balaban J connectivity index is 2.43. The van der Waals surface area contributed by atoms with Gasteiger partial charge >= 0.3 is 0 Å². The molecule has 0 fully saturated rings. The summed E-state index contributed by atoms with van der Waals surface area (Å²) in [6.07, 6.45) is 3.27. The number of ether oxygens (including phenoxy) is 2. The van der Waals surface area contributed by atoms with Crippen molar-refractivity contribution in [2.24, 2.45) is 5.16 Å². The van der Waals surface area contributed by atoms with E-state index in [-0.39, 0.29) is 11.1 Å². The fraction of sp³-hybridized carbons (Fsp3) is 0.471. The van der Waals surface area contributed by atoms with E-state index in [1.807, 2.05) is 26.8 Å². The van der Waals surface area contributed by atoms with Gasteiger partial charge in [-0.25, -0.2) is 0 Å². The molecule has 0 unspecified atom stereocenters. The van der Waals surface area contributed by atoms with Crippen molar-refractivity contribution in [3.8, 4) is 11.5 Å². The van der Waals surface area contributed by atoms with E-state index in [0.29, 0.717) is 29.7 Å². The predicted molar refractivity (Wildman–Crippen MR) is 101 cm³/mol. The molecule has 1 rings (SSSR count). The number of aryl methyl sites for hydroxylation is 1. The Morgan fingerprint density at radius 3 is 2.46 bits per heavy atom. The molecule has 4 nitrogen and oxygen atoms in total. The molecule has 0 atom stereocenters. The first-order valence-electron chi connectivity index (χ1n) is 7.60. The minimum absolute atomic E-state index is 0.168. The fourth-order valence-corrected chi connectivity index (χ4v) is 2.22. The predicted octanol–water partition coefficient (Wildman–Crippen LogP) is 5.92. The van der Waals surface area contributed by atoms with Crippen molar-refractivity contribution in [3.05, 3.63) is 33.3 Å². The van der Waals surface area contributed by atoms with Crippen LogP contribution in [0.25, 0.3) is 0 Å². The summed E-state index contributed by atoms with van der Waals surface area (Å²) in [4.78, 5) is 5.13. The summed E-state index contributed by atoms with van der Waals surface area (Å²) >= 11 is 17.3. The lowest BCUT2D eigenvalue weighted by Gasteiger charge is -2.13. The summed E-state index contributed by atoms with van der Waals surface area (Å²) in [6.45, 7) is 7.11. The van der Waals surface area contributed by atoms with Gasteiger partial charge in [0.15, 0.2) is 0 Å². The smallest absolute Gasteiger partial charge is 0.141 e. The first-order valence-corrected chi connectivity index (χ1v) is 8.73. The summed E-state index contributed by atoms with van der Waals surface area (Å²) < 4.78 is 11.4. The molecule has 0 heterocycles. The van der Waals surface area contributed by atoms with E-state index in [4.69, 9.17) is 49.1 Å². The second-order valence-electron chi connectivity index (χ2n) is 5.28. The van der Waals surface area contributed by atoms with Gasteiger partial charge in [-0.1, -0.05) is 40.0 Å². The minimum Gasteiger partial charge on any atom is -0.492 e. The molecule has 0 saturated heterocycles. The molecule has 0 N–H and O–H groups in total. The summed E-state index contributed by atoms with van der Waals surface area (Å²) in [5.41, 5.74) is 1.81. The molecule has 0 radical (unpaired) electrons. The van der Waals surface area contributed by atoms with Crippen LogP contribution in [-0.2, 0) is 4.84 Å². The van der Waals surface area contributed by atoms with Crippen LogP contribution in [0.3, 0.4) is 0 Å². The lowest BCUT2D eigenvalue weighted by atomic mass is 10.2. The van der Waals surface area contributed by atoms with Gasteiger partial charge < -0.3 is 14.3 Å². The monoisotopic (exact) mass is 393 g/mol. The zero-order chi connectivity index (χ0) is 17.9. The van der Waals surface area contributed by atoms with Crippen molar-refractivity contribution < 1.29 is 14.3 Å². The third-order valence-electron chi connectivity index (χ3n) is 2.81. The van der Waals surface area contributed by atoms with Crippen LogP contribution in [0.1, 0.15) is 32.3 Å². The number of unbranched alkanes of at least 4 members (excludes halogenated alkanes) is 1. The average Bonchev–Trinajstić information content (AvgIpc) is 2.47. The quantitative estimate of drug-likeness (QED) is 0.281. The zero-order valence-corrected chi connectivity index (χ0v) is 16.3. The van der Waals surface area contributed by atoms with Crippen LogP contribution in [0.15, 0.2) is 27.9 Å². The van der Waals surface area contributed by atoms with Crippen LogP contribution in [0, 0.1) is 6.92 Å². The minimum atomic E-state index is 0.168. The van der Waals surface area contributed by atoms with Gasteiger partial charge in [0, 0.05) is 6.07 Å². The van der Waals surface area contributed by atoms with Gasteiger partial charge in [-0.15, -0.1) is 0 Å². The Bertz CT molecular complexity index is 557. The van der Waals surface area contributed by atoms with Crippen LogP contribution in [0.2, 0.25) is 5.02 Å². The van der Waals surface area contributed by atoms with Crippen LogP contribution in [0.5, 0.6) is 11.5 Å². The third-order valence-corrected chi connectivity index (χ3v) is 3.40. The molecule has 24 heavy (non-hydrogen) atoms. The maximum absolute atomic E-state index is 6.26. The SMILES string of the molecule is CC(C)=NOCCCCOc1c(C)cc(OCC=C(Cl)Cl)cc1Cl. The van der Waals surface area contributed by atoms with E-state index in [1.165, 1.54) is 0 Å². The highest BCUT2D eigenvalue weighted by molar-refractivity contribution is 6.55. The maximum Gasteiger partial charge on any atom is 0.141 e. The normalized spacial score (nSPS) is 10.1. The molecule has 0 amide bonds. The molecule has 0 aromatic heterocycles. The molecule has 1 aromatic carbocycles. The molecule has 7 heteroatoms. The Labute approximate surface area is 158 Å². The van der Waals surface area contributed by atoms with Crippen molar-refractivity contribution in [3.63, 3.8) is 0 Å². The molecule has 1 aromatic rings. The molecule has 134 valence electrons. The number of hydrogen-bond acceptors (Lipinski definition) is 4. The van der Waals surface area contributed by atoms with Crippen molar-refractivity contribution in [2.75, 3.05) is 19.8 Å². The van der Waals surface area contributed by atoms with Gasteiger partial charge in [0.05, 0.1) is 17.3 Å². The Kier molecular flexibility index (Phi) is 9.99. The second-order valence-corrected chi connectivity index (χ2v) is 6.70. The molecular weight excluding hydrogens is 373 g/mol. The lowest BCUT2D eigenvalue weighted by Crippen LogP contribution is -2.02. The Hall–Kier alpha value is -1.10. The van der Waals surface area contributed by atoms with Crippen molar-refractivity contribution in [2.45, 2.75) is 33.6 Å². The largest absolute Gasteiger partial charge is 0.492 e. The van der Waals surface area contributed by atoms with E-state index >= 15 is 0 Å². The number of nitrogens with zero attached hydrogens (tertiary/aromatic N) is 1. The molecule has 0 bridgehead atoms. The molecule has 0 aliphatic carbocycles. The van der Waals surface area contributed by atoms with E-state index in [9.17, 15) is 0 Å². The number of benzene rings is 1. The van der Waals surface area contributed by atoms with Crippen LogP contribution in [0.4, 0.5) is 0 Å². The highest BCUT2D eigenvalue weighted by Gasteiger charge is 2.09. The number of hydrogen-bond donors (Lipinski definition) is 0. The topological polar surface area (TPSA) is 40.0 Å². The lowest BCUT2D eigenvalue weighted by molar-refractivity contribution is 0.135. The Morgan fingerprint density at radius 1 is 1.12 bits per heavy atom. The maximum atomic E-state index is 6.26. The summed E-state index contributed by atoms with van der Waals surface area (Å²) in [5.74, 6) is 1.30. The van der Waals surface area contributed by atoms with Crippen LogP contribution >= 0.6 is 34.8 Å². The number of rotatable bonds is 10. The van der Waals surface area contributed by atoms with Gasteiger partial charge in [-0.2, -0.15) is 0 Å². The fourth-order valence-electron chi connectivity index (χ4n) is 1.78. The molecular formula is C17H22Cl3NO3. The molecule has 0 saturated carbocycles. The number of halogens is 3. The Morgan fingerprint density at radius 2 is 1.83 bits per heavy atom. The van der Waals surface area contributed by atoms with Gasteiger partial charge in [-0.3, -0.25) is 0 Å². The van der Waals surface area contributed by atoms with E-state index in [0.717, 1.165) is 24.1 Å². The zero-order valence-electron chi connectivity index (χ0n) is 14.1. The second kappa shape index (κ2) is 11.5. The van der Waals surface area contributed by atoms with Crippen LogP contribution in [-0.4, -0.2) is 25.5 Å². The van der Waals surface area contributed by atoms with E-state index in [2.05, 4.69) is 5.16 Å². The van der Waals surface area contributed by atoms with E-state index < -0.39 is 0 Å². The third kappa shape index (κ3) is 8.67. The average molecular weight is 395 g/mol. The number of oxime groups is 1. The van der Waals surface area contributed by atoms with E-state index in [1.54, 1.807) is 12.1 Å². The van der Waals surface area contributed by atoms with Gasteiger partial charge in [-0.05, 0) is 51.3 Å². The summed E-state index contributed by atoms with van der Waals surface area (Å²) in [5, 5.41) is 4.38. The van der Waals surface area contributed by atoms with Crippen LogP contribution < -0.4 is 9.47 Å². The first-order chi connectivity index (χ1) is 11.4. The van der Waals surface area contributed by atoms with Gasteiger partial charge in [0.2, 0.25) is 0 Å². The summed E-state index contributed by atoms with van der Waals surface area (Å²) in [6, 6.07) is 3.57. The highest BCUT2D eigenvalue weighted by atomic mass is 35.5. The standard InChI is InChI=1S/C17H22Cl3NO3/c1-12(2)21-24-8-5-4-7-23-17-13(3)10-14(11-15(17)18)22-9-6-16(19)20/h6,10-11H,4-5,7-9H2,1-3H3. The van der Waals surface area contributed by atoms with Crippen molar-refractivity contribution >= 4 is 40.5 Å². The van der Waals surface area contributed by atoms with Gasteiger partial charge in [0.25, 0.3) is 0 Å². The van der Waals surface area contributed by atoms with Gasteiger partial charge in [0.1, 0.15) is 29.2 Å². The van der Waals surface area contributed by atoms with Crippen molar-refractivity contribution in [1.82, 2.24) is 0 Å². The first kappa shape index (κ1) is 20.9. The molecule has 0 spiro atoms. The highest BCUT2D eigenvalue weighted by Crippen LogP contribution is 2.33. The molecule has 0 aliphatic rings. The van der Waals surface area contributed by atoms with Crippen molar-refractivity contribution in [1.29, 1.82) is 0 Å². The summed E-state index contributed by atoms with van der Waals surface area (Å²) in [7, 11) is 0. The molecule has 0 aliphatic heterocycles.